The molecule has 0 saturated heterocycles. The van der Waals surface area contributed by atoms with Crippen molar-refractivity contribution in [3.8, 4) is 11.5 Å². The Labute approximate surface area is 212 Å². The van der Waals surface area contributed by atoms with Crippen LogP contribution in [0.25, 0.3) is 17.0 Å². The number of rotatable bonds is 8. The number of hydrogen-bond acceptors (Lipinski definition) is 6. The van der Waals surface area contributed by atoms with Gasteiger partial charge in [-0.1, -0.05) is 36.4 Å². The van der Waals surface area contributed by atoms with Crippen LogP contribution < -0.4 is 9.47 Å². The third-order valence-corrected chi connectivity index (χ3v) is 6.42. The maximum absolute atomic E-state index is 13.1. The van der Waals surface area contributed by atoms with Gasteiger partial charge in [-0.2, -0.15) is 0 Å². The minimum Gasteiger partial charge on any atom is -0.489 e. The number of allylic oxidation sites excluding steroid dienone is 1. The van der Waals surface area contributed by atoms with Gasteiger partial charge in [-0.25, -0.2) is 4.79 Å². The van der Waals surface area contributed by atoms with Crippen LogP contribution in [0.5, 0.6) is 11.5 Å². The second kappa shape index (κ2) is 10.5. The molecule has 3 aromatic carbocycles. The normalized spacial score (nSPS) is 11.1. The van der Waals surface area contributed by atoms with Crippen LogP contribution in [-0.2, 0) is 6.61 Å². The molecule has 5 aromatic rings. The number of esters is 1. The molecule has 0 aliphatic carbocycles. The van der Waals surface area contributed by atoms with E-state index in [1.165, 1.54) is 6.08 Å². The quantitative estimate of drug-likeness (QED) is 0.0967. The zero-order chi connectivity index (χ0) is 24.9. The third kappa shape index (κ3) is 5.29. The average Bonchev–Trinajstić information content (AvgIpc) is 3.53. The lowest BCUT2D eigenvalue weighted by atomic mass is 10.1. The SMILES string of the molecule is Cc1oc2ccc(OCc3ccccc3)cc2c1C(=O)Oc1ccc(C(=O)C=Cc2cccs2)cc1. The standard InChI is InChI=1S/C30H22O5S/c1-20-29(26-18-24(13-16-28(26)34-20)33-19-21-6-3-2-4-7-21)30(32)35-23-11-9-22(10-12-23)27(31)15-14-25-8-5-17-36-25/h2-18H,19H2,1H3. The minimum absolute atomic E-state index is 0.124. The van der Waals surface area contributed by atoms with Crippen molar-refractivity contribution in [3.05, 3.63) is 124 Å². The lowest BCUT2D eigenvalue weighted by Crippen LogP contribution is -2.09. The lowest BCUT2D eigenvalue weighted by Gasteiger charge is -2.07. The van der Waals surface area contributed by atoms with Gasteiger partial charge in [0.2, 0.25) is 0 Å². The molecule has 0 atom stereocenters. The molecule has 6 heteroatoms. The second-order valence-corrected chi connectivity index (χ2v) is 9.07. The van der Waals surface area contributed by atoms with Crippen molar-refractivity contribution in [1.29, 1.82) is 0 Å². The molecule has 0 fully saturated rings. The van der Waals surface area contributed by atoms with E-state index in [0.717, 1.165) is 10.4 Å². The molecule has 0 saturated carbocycles. The maximum atomic E-state index is 13.1. The number of carbonyl (C=O) groups is 2. The second-order valence-electron chi connectivity index (χ2n) is 8.09. The molecule has 5 rings (SSSR count). The summed E-state index contributed by atoms with van der Waals surface area (Å²) in [4.78, 5) is 26.5. The largest absolute Gasteiger partial charge is 0.489 e. The number of carbonyl (C=O) groups excluding carboxylic acids is 2. The Kier molecular flexibility index (Phi) is 6.78. The fraction of sp³-hybridized carbons (Fsp3) is 0.0667. The molecular formula is C30H22O5S. The van der Waals surface area contributed by atoms with E-state index < -0.39 is 5.97 Å². The summed E-state index contributed by atoms with van der Waals surface area (Å²) in [6.07, 6.45) is 3.32. The first-order valence-electron chi connectivity index (χ1n) is 11.3. The number of ketones is 1. The molecule has 0 amide bonds. The number of hydrogen-bond donors (Lipinski definition) is 0. The average molecular weight is 495 g/mol. The van der Waals surface area contributed by atoms with Crippen LogP contribution in [0.1, 0.15) is 36.9 Å². The van der Waals surface area contributed by atoms with Gasteiger partial charge in [-0.05, 0) is 78.6 Å². The predicted molar refractivity (Wildman–Crippen MR) is 141 cm³/mol. The summed E-state index contributed by atoms with van der Waals surface area (Å²) in [7, 11) is 0. The van der Waals surface area contributed by atoms with Gasteiger partial charge in [0, 0.05) is 15.8 Å². The Morgan fingerprint density at radius 3 is 2.44 bits per heavy atom. The minimum atomic E-state index is -0.539. The van der Waals surface area contributed by atoms with Crippen LogP contribution in [0.15, 0.2) is 101 Å². The van der Waals surface area contributed by atoms with E-state index in [9.17, 15) is 9.59 Å². The highest BCUT2D eigenvalue weighted by molar-refractivity contribution is 7.10. The summed E-state index contributed by atoms with van der Waals surface area (Å²) >= 11 is 1.56. The highest BCUT2D eigenvalue weighted by Gasteiger charge is 2.21. The summed E-state index contributed by atoms with van der Waals surface area (Å²) in [6.45, 7) is 2.14. The Morgan fingerprint density at radius 1 is 0.917 bits per heavy atom. The molecule has 0 bridgehead atoms. The smallest absolute Gasteiger partial charge is 0.347 e. The summed E-state index contributed by atoms with van der Waals surface area (Å²) in [5, 5.41) is 2.57. The van der Waals surface area contributed by atoms with E-state index in [4.69, 9.17) is 13.9 Å². The monoisotopic (exact) mass is 494 g/mol. The number of fused-ring (bicyclic) bond motifs is 1. The molecule has 178 valence electrons. The van der Waals surface area contributed by atoms with E-state index in [1.54, 1.807) is 60.7 Å². The van der Waals surface area contributed by atoms with Crippen LogP contribution in [0.2, 0.25) is 0 Å². The Bertz CT molecular complexity index is 1530. The maximum Gasteiger partial charge on any atom is 0.347 e. The number of thiophene rings is 1. The topological polar surface area (TPSA) is 65.7 Å². The zero-order valence-electron chi connectivity index (χ0n) is 19.5. The highest BCUT2D eigenvalue weighted by atomic mass is 32.1. The summed E-state index contributed by atoms with van der Waals surface area (Å²) in [5.41, 5.74) is 2.47. The first-order valence-corrected chi connectivity index (χ1v) is 12.2. The lowest BCUT2D eigenvalue weighted by molar-refractivity contribution is 0.0734. The Hall–Kier alpha value is -4.42. The van der Waals surface area contributed by atoms with E-state index in [-0.39, 0.29) is 5.78 Å². The first kappa shape index (κ1) is 23.3. The van der Waals surface area contributed by atoms with Crippen molar-refractivity contribution in [1.82, 2.24) is 0 Å². The highest BCUT2D eigenvalue weighted by Crippen LogP contribution is 2.30. The molecule has 36 heavy (non-hydrogen) atoms. The summed E-state index contributed by atoms with van der Waals surface area (Å²) < 4.78 is 17.3. The number of aryl methyl sites for hydroxylation is 1. The number of furan rings is 1. The number of benzene rings is 3. The summed E-state index contributed by atoms with van der Waals surface area (Å²) in [5.74, 6) is 0.758. The fourth-order valence-electron chi connectivity index (χ4n) is 3.77. The molecule has 2 heterocycles. The van der Waals surface area contributed by atoms with Crippen molar-refractivity contribution < 1.29 is 23.5 Å². The fourth-order valence-corrected chi connectivity index (χ4v) is 4.39. The van der Waals surface area contributed by atoms with Crippen LogP contribution in [-0.4, -0.2) is 11.8 Å². The molecule has 0 N–H and O–H groups in total. The van der Waals surface area contributed by atoms with Gasteiger partial charge in [0.1, 0.15) is 35.0 Å². The van der Waals surface area contributed by atoms with Crippen LogP contribution in [0.3, 0.4) is 0 Å². The van der Waals surface area contributed by atoms with E-state index in [1.807, 2.05) is 53.9 Å². The van der Waals surface area contributed by atoms with Gasteiger partial charge in [0.05, 0.1) is 0 Å². The Balaban J connectivity index is 1.29. The van der Waals surface area contributed by atoms with Gasteiger partial charge in [-0.3, -0.25) is 4.79 Å². The first-order chi connectivity index (χ1) is 17.6. The number of ether oxygens (including phenoxy) is 2. The predicted octanol–water partition coefficient (Wildman–Crippen LogP) is 7.50. The van der Waals surface area contributed by atoms with E-state index in [2.05, 4.69) is 0 Å². The van der Waals surface area contributed by atoms with Crippen LogP contribution in [0.4, 0.5) is 0 Å². The van der Waals surface area contributed by atoms with E-state index in [0.29, 0.717) is 46.0 Å². The van der Waals surface area contributed by atoms with Gasteiger partial charge in [0.25, 0.3) is 0 Å². The molecule has 0 spiro atoms. The van der Waals surface area contributed by atoms with Crippen molar-refractivity contribution >= 4 is 40.1 Å². The van der Waals surface area contributed by atoms with Crippen molar-refractivity contribution in [3.63, 3.8) is 0 Å². The molecule has 2 aromatic heterocycles. The molecule has 0 aliphatic rings. The Morgan fingerprint density at radius 2 is 1.69 bits per heavy atom. The molecular weight excluding hydrogens is 472 g/mol. The van der Waals surface area contributed by atoms with Gasteiger partial charge >= 0.3 is 5.97 Å². The van der Waals surface area contributed by atoms with Crippen LogP contribution >= 0.6 is 11.3 Å². The zero-order valence-corrected chi connectivity index (χ0v) is 20.3. The third-order valence-electron chi connectivity index (χ3n) is 5.58. The van der Waals surface area contributed by atoms with Gasteiger partial charge in [0.15, 0.2) is 5.78 Å². The van der Waals surface area contributed by atoms with Gasteiger partial charge in [-0.15, -0.1) is 11.3 Å². The van der Waals surface area contributed by atoms with Crippen molar-refractivity contribution in [2.24, 2.45) is 0 Å². The molecule has 5 nitrogen and oxygen atoms in total. The molecule has 0 unspecified atom stereocenters. The summed E-state index contributed by atoms with van der Waals surface area (Å²) in [6, 6.07) is 25.6. The van der Waals surface area contributed by atoms with Crippen LogP contribution in [0, 0.1) is 6.92 Å². The van der Waals surface area contributed by atoms with Crippen molar-refractivity contribution in [2.75, 3.05) is 0 Å². The van der Waals surface area contributed by atoms with E-state index >= 15 is 0 Å². The molecule has 0 radical (unpaired) electrons. The van der Waals surface area contributed by atoms with Crippen molar-refractivity contribution in [2.45, 2.75) is 13.5 Å². The van der Waals surface area contributed by atoms with Gasteiger partial charge < -0.3 is 13.9 Å². The molecule has 0 aliphatic heterocycles.